The van der Waals surface area contributed by atoms with Crippen LogP contribution in [0.1, 0.15) is 41.5 Å². The molecule has 2 aromatic rings. The van der Waals surface area contributed by atoms with E-state index in [9.17, 15) is 13.2 Å². The lowest BCUT2D eigenvalue weighted by Crippen LogP contribution is -2.43. The first-order valence-electron chi connectivity index (χ1n) is 11.1. The summed E-state index contributed by atoms with van der Waals surface area (Å²) in [7, 11) is -3.76. The maximum absolute atomic E-state index is 13.2. The van der Waals surface area contributed by atoms with Crippen molar-refractivity contribution in [3.8, 4) is 11.1 Å². The highest BCUT2D eigenvalue weighted by molar-refractivity contribution is 8.01. The van der Waals surface area contributed by atoms with Gasteiger partial charge in [-0.2, -0.15) is 0 Å². The van der Waals surface area contributed by atoms with Crippen molar-refractivity contribution in [2.24, 2.45) is 0 Å². The lowest BCUT2D eigenvalue weighted by Gasteiger charge is -2.26. The predicted octanol–water partition coefficient (Wildman–Crippen LogP) is 5.15. The Bertz CT molecular complexity index is 1060. The topological polar surface area (TPSA) is 75.7 Å². The van der Waals surface area contributed by atoms with E-state index in [1.165, 1.54) is 0 Å². The molecule has 2 aromatic carbocycles. The molecule has 0 bridgehead atoms. The number of rotatable bonds is 5. The van der Waals surface area contributed by atoms with Crippen LogP contribution >= 0.6 is 11.8 Å². The number of thioether (sulfide) groups is 1. The highest BCUT2D eigenvalue weighted by Crippen LogP contribution is 2.34. The minimum Gasteiger partial charge on any atom is -0.444 e. The monoisotopic (exact) mass is 490 g/mol. The molecule has 33 heavy (non-hydrogen) atoms. The fraction of sp³-hybridized carbons (Fsp3) is 0.480. The van der Waals surface area contributed by atoms with Gasteiger partial charge in [-0.1, -0.05) is 63.2 Å². The molecule has 1 aliphatic rings. The molecule has 1 heterocycles. The summed E-state index contributed by atoms with van der Waals surface area (Å²) >= 11 is 1.67. The Morgan fingerprint density at radius 3 is 2.06 bits per heavy atom. The first kappa shape index (κ1) is 25.6. The third kappa shape index (κ3) is 7.22. The Balaban J connectivity index is 1.78. The average Bonchev–Trinajstić information content (AvgIpc) is 3.08. The van der Waals surface area contributed by atoms with Crippen LogP contribution in [-0.4, -0.2) is 54.1 Å². The molecule has 2 atom stereocenters. The lowest BCUT2D eigenvalue weighted by molar-refractivity contribution is 0.0292. The van der Waals surface area contributed by atoms with E-state index in [1.807, 2.05) is 63.2 Å². The summed E-state index contributed by atoms with van der Waals surface area (Å²) in [6.07, 6.45) is -0.420. The number of sulfonamides is 1. The zero-order chi connectivity index (χ0) is 24.4. The van der Waals surface area contributed by atoms with Crippen molar-refractivity contribution >= 4 is 27.9 Å². The number of carbonyl (C=O) groups is 1. The van der Waals surface area contributed by atoms with Crippen LogP contribution in [0.15, 0.2) is 59.5 Å². The molecule has 0 radical (unpaired) electrons. The Hall–Kier alpha value is -2.03. The van der Waals surface area contributed by atoms with Crippen molar-refractivity contribution < 1.29 is 17.9 Å². The van der Waals surface area contributed by atoms with E-state index in [1.54, 1.807) is 28.8 Å². The van der Waals surface area contributed by atoms with Gasteiger partial charge in [0.15, 0.2) is 0 Å². The van der Waals surface area contributed by atoms with Crippen LogP contribution in [0, 0.1) is 0 Å². The van der Waals surface area contributed by atoms with Gasteiger partial charge in [-0.05, 0) is 44.0 Å². The number of carbonyl (C=O) groups excluding carboxylic acids is 1. The Morgan fingerprint density at radius 1 is 0.939 bits per heavy atom. The third-order valence-electron chi connectivity index (χ3n) is 5.00. The maximum atomic E-state index is 13.2. The van der Waals surface area contributed by atoms with Crippen molar-refractivity contribution in [3.05, 3.63) is 54.6 Å². The highest BCUT2D eigenvalue weighted by Gasteiger charge is 2.41. The highest BCUT2D eigenvalue weighted by atomic mass is 32.2. The van der Waals surface area contributed by atoms with E-state index in [0.717, 1.165) is 11.1 Å². The summed E-state index contributed by atoms with van der Waals surface area (Å²) < 4.78 is 34.7. The second kappa shape index (κ2) is 9.68. The summed E-state index contributed by atoms with van der Waals surface area (Å²) in [6.45, 7) is 12.4. The lowest BCUT2D eigenvalue weighted by atomic mass is 10.1. The summed E-state index contributed by atoms with van der Waals surface area (Å²) in [5.41, 5.74) is 1.37. The molecule has 0 saturated carbocycles. The molecule has 1 N–H and O–H groups in total. The van der Waals surface area contributed by atoms with E-state index in [0.29, 0.717) is 6.54 Å². The molecule has 1 saturated heterocycles. The van der Waals surface area contributed by atoms with Crippen LogP contribution in [-0.2, 0) is 14.8 Å². The van der Waals surface area contributed by atoms with Crippen molar-refractivity contribution in [3.63, 3.8) is 0 Å². The van der Waals surface area contributed by atoms with E-state index >= 15 is 0 Å². The van der Waals surface area contributed by atoms with Crippen LogP contribution in [0.2, 0.25) is 0 Å². The first-order chi connectivity index (χ1) is 15.2. The number of nitrogens with one attached hydrogen (secondary N) is 1. The number of hydrogen-bond acceptors (Lipinski definition) is 5. The SMILES string of the molecule is CC(C)(C)OC(=O)N1C[C@H](NS(=O)(=O)c2ccc(-c3ccccc3)cc2)[C@@H](SC(C)(C)C)C1. The molecule has 6 nitrogen and oxygen atoms in total. The van der Waals surface area contributed by atoms with Gasteiger partial charge in [0.2, 0.25) is 10.0 Å². The molecular weight excluding hydrogens is 456 g/mol. The second-order valence-corrected chi connectivity index (χ2v) is 14.1. The molecule has 0 unspecified atom stereocenters. The molecule has 1 aliphatic heterocycles. The van der Waals surface area contributed by atoms with Crippen LogP contribution in [0.5, 0.6) is 0 Å². The molecule has 0 aromatic heterocycles. The smallest absolute Gasteiger partial charge is 0.410 e. The normalized spacial score (nSPS) is 19.5. The number of amides is 1. The van der Waals surface area contributed by atoms with Gasteiger partial charge in [0.05, 0.1) is 10.9 Å². The van der Waals surface area contributed by atoms with Crippen LogP contribution in [0.3, 0.4) is 0 Å². The molecule has 8 heteroatoms. The van der Waals surface area contributed by atoms with Gasteiger partial charge in [0.1, 0.15) is 5.60 Å². The zero-order valence-corrected chi connectivity index (χ0v) is 21.8. The Kier molecular flexibility index (Phi) is 7.51. The van der Waals surface area contributed by atoms with Gasteiger partial charge in [-0.25, -0.2) is 17.9 Å². The average molecular weight is 491 g/mol. The first-order valence-corrected chi connectivity index (χ1v) is 13.4. The molecule has 1 fully saturated rings. The number of hydrogen-bond donors (Lipinski definition) is 1. The second-order valence-electron chi connectivity index (χ2n) is 10.3. The van der Waals surface area contributed by atoms with Crippen LogP contribution in [0.4, 0.5) is 4.79 Å². The minimum absolute atomic E-state index is 0.0871. The fourth-order valence-corrected chi connectivity index (χ4v) is 6.50. The van der Waals surface area contributed by atoms with Crippen LogP contribution in [0.25, 0.3) is 11.1 Å². The van der Waals surface area contributed by atoms with E-state index < -0.39 is 27.8 Å². The maximum Gasteiger partial charge on any atom is 0.410 e. The standard InChI is InChI=1S/C25H34N2O4S2/c1-24(2,3)31-23(28)27-16-21(22(17-27)32-25(4,5)6)26-33(29,30)20-14-12-19(13-15-20)18-10-8-7-9-11-18/h7-15,21-22,26H,16-17H2,1-6H3/t21-,22-/m0/s1. The zero-order valence-electron chi connectivity index (χ0n) is 20.2. The number of ether oxygens (including phenoxy) is 1. The third-order valence-corrected chi connectivity index (χ3v) is 7.99. The predicted molar refractivity (Wildman–Crippen MR) is 135 cm³/mol. The van der Waals surface area contributed by atoms with Gasteiger partial charge in [-0.15, -0.1) is 11.8 Å². The Labute approximate surface area is 202 Å². The molecule has 180 valence electrons. The quantitative estimate of drug-likeness (QED) is 0.627. The van der Waals surface area contributed by atoms with Crippen molar-refractivity contribution in [1.29, 1.82) is 0 Å². The number of benzene rings is 2. The van der Waals surface area contributed by atoms with Crippen molar-refractivity contribution in [2.45, 2.75) is 68.1 Å². The summed E-state index contributed by atoms with van der Waals surface area (Å²) in [6, 6.07) is 16.3. The van der Waals surface area contributed by atoms with E-state index in [4.69, 9.17) is 4.74 Å². The van der Waals surface area contributed by atoms with Crippen LogP contribution < -0.4 is 4.72 Å². The number of nitrogens with zero attached hydrogens (tertiary/aromatic N) is 1. The van der Waals surface area contributed by atoms with Gasteiger partial charge >= 0.3 is 6.09 Å². The molecular formula is C25H34N2O4S2. The Morgan fingerprint density at radius 2 is 1.52 bits per heavy atom. The minimum atomic E-state index is -3.76. The fourth-order valence-electron chi connectivity index (χ4n) is 3.66. The van der Waals surface area contributed by atoms with Gasteiger partial charge in [0, 0.05) is 23.1 Å². The van der Waals surface area contributed by atoms with E-state index in [2.05, 4.69) is 25.5 Å². The van der Waals surface area contributed by atoms with Crippen molar-refractivity contribution in [1.82, 2.24) is 9.62 Å². The summed E-state index contributed by atoms with van der Waals surface area (Å²) in [5.74, 6) is 0. The van der Waals surface area contributed by atoms with E-state index in [-0.39, 0.29) is 21.4 Å². The number of likely N-dealkylation sites (tertiary alicyclic amines) is 1. The van der Waals surface area contributed by atoms with Gasteiger partial charge in [0.25, 0.3) is 0 Å². The summed E-state index contributed by atoms with van der Waals surface area (Å²) in [5, 5.41) is -0.0871. The molecule has 1 amide bonds. The summed E-state index contributed by atoms with van der Waals surface area (Å²) in [4.78, 5) is 14.4. The molecule has 0 aliphatic carbocycles. The van der Waals surface area contributed by atoms with Gasteiger partial charge < -0.3 is 9.64 Å². The molecule has 3 rings (SSSR count). The van der Waals surface area contributed by atoms with Gasteiger partial charge in [-0.3, -0.25) is 0 Å². The van der Waals surface area contributed by atoms with Crippen molar-refractivity contribution in [2.75, 3.05) is 13.1 Å². The largest absolute Gasteiger partial charge is 0.444 e. The molecule has 0 spiro atoms.